The summed E-state index contributed by atoms with van der Waals surface area (Å²) in [6.07, 6.45) is 3.61. The Kier molecular flexibility index (Phi) is 4.14. The van der Waals surface area contributed by atoms with E-state index in [0.717, 1.165) is 0 Å². The van der Waals surface area contributed by atoms with Crippen LogP contribution in [0.5, 0.6) is 0 Å². The molecule has 108 valence electrons. The molecule has 0 aliphatic rings. The van der Waals surface area contributed by atoms with Gasteiger partial charge in [0.15, 0.2) is 11.4 Å². The van der Waals surface area contributed by atoms with Gasteiger partial charge in [-0.2, -0.15) is 5.26 Å². The van der Waals surface area contributed by atoms with Crippen molar-refractivity contribution in [2.75, 3.05) is 6.26 Å². The molecule has 0 fully saturated rings. The van der Waals surface area contributed by atoms with E-state index in [4.69, 9.17) is 5.26 Å². The van der Waals surface area contributed by atoms with Crippen molar-refractivity contribution in [2.45, 2.75) is 0 Å². The summed E-state index contributed by atoms with van der Waals surface area (Å²) in [6.45, 7) is 0. The Hall–Kier alpha value is -2.53. The Morgan fingerprint density at radius 2 is 1.86 bits per heavy atom. The van der Waals surface area contributed by atoms with Gasteiger partial charge in [-0.05, 0) is 24.5 Å². The molecule has 1 aromatic carbocycles. The van der Waals surface area contributed by atoms with Gasteiger partial charge < -0.3 is 9.13 Å². The zero-order valence-electron chi connectivity index (χ0n) is 11.7. The lowest BCUT2D eigenvalue weighted by Gasteiger charge is -2.09. The molecule has 0 atom stereocenters. The van der Waals surface area contributed by atoms with Crippen molar-refractivity contribution in [3.8, 4) is 6.19 Å². The Morgan fingerprint density at radius 3 is 2.43 bits per heavy atom. The van der Waals surface area contributed by atoms with Crippen LogP contribution in [0.3, 0.4) is 0 Å². The van der Waals surface area contributed by atoms with Gasteiger partial charge >= 0.3 is 11.1 Å². The zero-order chi connectivity index (χ0) is 15.6. The van der Waals surface area contributed by atoms with Crippen molar-refractivity contribution >= 4 is 33.7 Å². The Morgan fingerprint density at radius 1 is 1.24 bits per heavy atom. The maximum Gasteiger partial charge on any atom is 0.316 e. The number of fused-ring (bicyclic) bond motifs is 1. The fraction of sp³-hybridized carbons (Fsp3) is 0.231. The van der Waals surface area contributed by atoms with E-state index in [9.17, 15) is 9.59 Å². The molecule has 8 heteroatoms. The van der Waals surface area contributed by atoms with Crippen LogP contribution in [0.2, 0.25) is 0 Å². The summed E-state index contributed by atoms with van der Waals surface area (Å²) in [5.74, 6) is 0. The predicted molar refractivity (Wildman–Crippen MR) is 83.8 cm³/mol. The van der Waals surface area contributed by atoms with E-state index < -0.39 is 11.1 Å². The first-order valence-electron chi connectivity index (χ1n) is 5.97. The van der Waals surface area contributed by atoms with Crippen LogP contribution in [0.1, 0.15) is 0 Å². The molecule has 0 saturated heterocycles. The second kappa shape index (κ2) is 5.85. The standard InChI is InChI=1S/C13H13N5O2S/c1-17-9-5-4-8(16-13(21-3)15-7-14)6-10(9)18(2)12(20)11(17)19/h4-6H,1-3H3,(H,15,16). The molecule has 0 aliphatic carbocycles. The predicted octanol–water partition coefficient (Wildman–Crippen LogP) is 0.658. The number of hydrogen-bond donors (Lipinski definition) is 1. The maximum absolute atomic E-state index is 11.8. The normalized spacial score (nSPS) is 11.4. The highest BCUT2D eigenvalue weighted by molar-refractivity contribution is 8.13. The summed E-state index contributed by atoms with van der Waals surface area (Å²) in [5.41, 5.74) is 0.660. The van der Waals surface area contributed by atoms with E-state index in [1.165, 1.54) is 20.9 Å². The monoisotopic (exact) mass is 303 g/mol. The van der Waals surface area contributed by atoms with Gasteiger partial charge in [-0.3, -0.25) is 14.9 Å². The average molecular weight is 303 g/mol. The van der Waals surface area contributed by atoms with E-state index in [0.29, 0.717) is 21.9 Å². The highest BCUT2D eigenvalue weighted by atomic mass is 32.2. The van der Waals surface area contributed by atoms with Gasteiger partial charge in [0.2, 0.25) is 0 Å². The van der Waals surface area contributed by atoms with Gasteiger partial charge in [0.25, 0.3) is 0 Å². The van der Waals surface area contributed by atoms with Crippen LogP contribution >= 0.6 is 11.8 Å². The van der Waals surface area contributed by atoms with E-state index >= 15 is 0 Å². The molecule has 0 radical (unpaired) electrons. The van der Waals surface area contributed by atoms with Crippen LogP contribution in [0.25, 0.3) is 11.0 Å². The van der Waals surface area contributed by atoms with Gasteiger partial charge in [0, 0.05) is 14.1 Å². The first-order chi connectivity index (χ1) is 9.99. The fourth-order valence-electron chi connectivity index (χ4n) is 1.93. The smallest absolute Gasteiger partial charge is 0.305 e. The molecular weight excluding hydrogens is 290 g/mol. The topological polar surface area (TPSA) is 92.2 Å². The molecule has 0 saturated carbocycles. The van der Waals surface area contributed by atoms with Crippen molar-refractivity contribution in [1.82, 2.24) is 14.5 Å². The molecule has 0 amide bonds. The molecule has 0 aliphatic heterocycles. The van der Waals surface area contributed by atoms with E-state index in [2.05, 4.69) is 10.3 Å². The van der Waals surface area contributed by atoms with Crippen molar-refractivity contribution in [1.29, 1.82) is 5.26 Å². The fourth-order valence-corrected chi connectivity index (χ4v) is 2.27. The molecule has 1 aromatic heterocycles. The van der Waals surface area contributed by atoms with Crippen molar-refractivity contribution < 1.29 is 0 Å². The largest absolute Gasteiger partial charge is 0.316 e. The lowest BCUT2D eigenvalue weighted by atomic mass is 10.2. The number of nitriles is 1. The molecule has 0 bridgehead atoms. The summed E-state index contributed by atoms with van der Waals surface area (Å²) >= 11 is 1.30. The minimum Gasteiger partial charge on any atom is -0.305 e. The van der Waals surface area contributed by atoms with Crippen molar-refractivity contribution in [3.63, 3.8) is 0 Å². The van der Waals surface area contributed by atoms with Gasteiger partial charge in [-0.15, -0.1) is 0 Å². The van der Waals surface area contributed by atoms with Crippen molar-refractivity contribution in [2.24, 2.45) is 19.1 Å². The Bertz CT molecular complexity index is 888. The maximum atomic E-state index is 11.8. The number of aromatic nitrogens is 2. The summed E-state index contributed by atoms with van der Waals surface area (Å²) in [4.78, 5) is 27.9. The number of nitrogens with zero attached hydrogens (tertiary/aromatic N) is 4. The lowest BCUT2D eigenvalue weighted by Crippen LogP contribution is -2.39. The van der Waals surface area contributed by atoms with Crippen LogP contribution in [-0.2, 0) is 14.1 Å². The molecule has 0 spiro atoms. The van der Waals surface area contributed by atoms with Gasteiger partial charge in [-0.1, -0.05) is 11.8 Å². The quantitative estimate of drug-likeness (QED) is 0.275. The Balaban J connectivity index is 2.71. The molecule has 1 heterocycles. The number of aryl methyl sites for hydroxylation is 2. The van der Waals surface area contributed by atoms with Crippen LogP contribution in [0.4, 0.5) is 5.69 Å². The number of benzene rings is 1. The van der Waals surface area contributed by atoms with Crippen LogP contribution in [0.15, 0.2) is 32.8 Å². The van der Waals surface area contributed by atoms with Gasteiger partial charge in [0.1, 0.15) is 0 Å². The summed E-state index contributed by atoms with van der Waals surface area (Å²) in [5, 5.41) is 11.5. The summed E-state index contributed by atoms with van der Waals surface area (Å²) in [7, 11) is 3.10. The minimum atomic E-state index is -0.591. The number of amidine groups is 1. The zero-order valence-corrected chi connectivity index (χ0v) is 12.6. The molecule has 2 aromatic rings. The average Bonchev–Trinajstić information content (AvgIpc) is 2.50. The van der Waals surface area contributed by atoms with Crippen molar-refractivity contribution in [3.05, 3.63) is 38.9 Å². The molecular formula is C13H13N5O2S. The molecule has 2 rings (SSSR count). The van der Waals surface area contributed by atoms with E-state index in [-0.39, 0.29) is 0 Å². The number of rotatable bonds is 1. The van der Waals surface area contributed by atoms with E-state index in [1.807, 2.05) is 6.19 Å². The lowest BCUT2D eigenvalue weighted by molar-refractivity contribution is 0.799. The second-order valence-corrected chi connectivity index (χ2v) is 5.05. The third-order valence-electron chi connectivity index (χ3n) is 3.06. The Labute approximate surface area is 124 Å². The number of nitrogens with one attached hydrogen (secondary N) is 1. The highest BCUT2D eigenvalue weighted by Gasteiger charge is 2.08. The number of hydrogen-bond acceptors (Lipinski definition) is 5. The SMILES string of the molecule is CSC(=Nc1ccc2c(c1)n(C)c(=O)c(=O)n2C)NC#N. The summed E-state index contributed by atoms with van der Waals surface area (Å²) in [6, 6.07) is 5.15. The minimum absolute atomic E-state index is 0.451. The first kappa shape index (κ1) is 14.9. The van der Waals surface area contributed by atoms with Crippen LogP contribution in [-0.4, -0.2) is 20.6 Å². The van der Waals surface area contributed by atoms with Crippen LogP contribution in [0, 0.1) is 11.5 Å². The molecule has 7 nitrogen and oxygen atoms in total. The molecule has 0 unspecified atom stereocenters. The number of aliphatic imine (C=N–C) groups is 1. The van der Waals surface area contributed by atoms with Gasteiger partial charge in [0.05, 0.1) is 16.7 Å². The second-order valence-electron chi connectivity index (χ2n) is 4.26. The third-order valence-corrected chi connectivity index (χ3v) is 3.64. The highest BCUT2D eigenvalue weighted by Crippen LogP contribution is 2.20. The van der Waals surface area contributed by atoms with E-state index in [1.54, 1.807) is 38.6 Å². The first-order valence-corrected chi connectivity index (χ1v) is 7.19. The van der Waals surface area contributed by atoms with Crippen LogP contribution < -0.4 is 16.4 Å². The summed E-state index contributed by atoms with van der Waals surface area (Å²) < 4.78 is 2.61. The molecule has 1 N–H and O–H groups in total. The van der Waals surface area contributed by atoms with Gasteiger partial charge in [-0.25, -0.2) is 4.99 Å². The third kappa shape index (κ3) is 2.68. The number of thioether (sulfide) groups is 1. The molecule has 21 heavy (non-hydrogen) atoms.